The minimum Gasteiger partial charge on any atom is -0.478 e. The van der Waals surface area contributed by atoms with Crippen molar-refractivity contribution in [2.45, 2.75) is 19.4 Å². The van der Waals surface area contributed by atoms with Crippen LogP contribution in [0.4, 0.5) is 0 Å². The van der Waals surface area contributed by atoms with Gasteiger partial charge in [-0.3, -0.25) is 30.2 Å². The summed E-state index contributed by atoms with van der Waals surface area (Å²) in [6.45, 7) is 3.12. The van der Waals surface area contributed by atoms with E-state index in [0.29, 0.717) is 21.9 Å². The van der Waals surface area contributed by atoms with Crippen molar-refractivity contribution >= 4 is 29.2 Å². The largest absolute Gasteiger partial charge is 0.478 e. The molecule has 3 aromatic rings. The van der Waals surface area contributed by atoms with E-state index in [2.05, 4.69) is 15.8 Å². The zero-order valence-corrected chi connectivity index (χ0v) is 17.6. The maximum Gasteiger partial charge on any atom is 0.288 e. The third-order valence-electron chi connectivity index (χ3n) is 4.33. The van der Waals surface area contributed by atoms with Crippen molar-refractivity contribution in [2.24, 2.45) is 0 Å². The Morgan fingerprint density at radius 1 is 0.871 bits per heavy atom. The predicted molar refractivity (Wildman–Crippen MR) is 116 cm³/mol. The maximum absolute atomic E-state index is 12.5. The molecular formula is C23H20ClN3O4. The van der Waals surface area contributed by atoms with Crippen molar-refractivity contribution in [3.05, 3.63) is 94.8 Å². The van der Waals surface area contributed by atoms with Gasteiger partial charge >= 0.3 is 0 Å². The fraction of sp³-hybridized carbons (Fsp3) is 0.130. The number of nitrogens with one attached hydrogen (secondary N) is 2. The number of amides is 2. The van der Waals surface area contributed by atoms with Crippen LogP contribution < -0.4 is 15.6 Å². The van der Waals surface area contributed by atoms with E-state index in [1.807, 2.05) is 0 Å². The fourth-order valence-corrected chi connectivity index (χ4v) is 2.73. The third kappa shape index (κ3) is 5.67. The lowest BCUT2D eigenvalue weighted by Crippen LogP contribution is -2.53. The number of ether oxygens (including phenoxy) is 1. The van der Waals surface area contributed by atoms with Crippen molar-refractivity contribution in [1.29, 1.82) is 0 Å². The second-order valence-electron chi connectivity index (χ2n) is 7.10. The summed E-state index contributed by atoms with van der Waals surface area (Å²) < 4.78 is 5.75. The monoisotopic (exact) mass is 437 g/mol. The Morgan fingerprint density at radius 3 is 2.06 bits per heavy atom. The van der Waals surface area contributed by atoms with E-state index in [1.165, 1.54) is 12.3 Å². The van der Waals surface area contributed by atoms with E-state index in [9.17, 15) is 14.4 Å². The molecule has 7 nitrogen and oxygen atoms in total. The molecule has 0 unspecified atom stereocenters. The van der Waals surface area contributed by atoms with E-state index in [0.717, 1.165) is 0 Å². The van der Waals surface area contributed by atoms with Crippen LogP contribution >= 0.6 is 11.6 Å². The topological polar surface area (TPSA) is 97.4 Å². The summed E-state index contributed by atoms with van der Waals surface area (Å²) in [6.07, 6.45) is 1.48. The lowest BCUT2D eigenvalue weighted by atomic mass is 10.0. The molecular weight excluding hydrogens is 418 g/mol. The van der Waals surface area contributed by atoms with Crippen LogP contribution in [-0.4, -0.2) is 28.2 Å². The van der Waals surface area contributed by atoms with E-state index >= 15 is 0 Å². The van der Waals surface area contributed by atoms with E-state index < -0.39 is 17.4 Å². The van der Waals surface area contributed by atoms with Gasteiger partial charge in [-0.15, -0.1) is 0 Å². The Balaban J connectivity index is 1.60. The predicted octanol–water partition coefficient (Wildman–Crippen LogP) is 3.58. The number of hydrogen-bond donors (Lipinski definition) is 2. The van der Waals surface area contributed by atoms with Crippen LogP contribution in [0.3, 0.4) is 0 Å². The first-order valence-electron chi connectivity index (χ1n) is 9.37. The van der Waals surface area contributed by atoms with Crippen LogP contribution in [0.1, 0.15) is 40.3 Å². The minimum atomic E-state index is -1.29. The number of hydrazine groups is 1. The highest BCUT2D eigenvalue weighted by Crippen LogP contribution is 2.21. The summed E-state index contributed by atoms with van der Waals surface area (Å²) in [6, 6.07) is 17.9. The molecule has 2 amide bonds. The van der Waals surface area contributed by atoms with Gasteiger partial charge in [-0.2, -0.15) is 0 Å². The zero-order chi connectivity index (χ0) is 22.4. The first-order chi connectivity index (χ1) is 14.8. The third-order valence-corrected chi connectivity index (χ3v) is 4.58. The molecule has 0 saturated heterocycles. The molecule has 0 atom stereocenters. The first kappa shape index (κ1) is 22.0. The van der Waals surface area contributed by atoms with Gasteiger partial charge < -0.3 is 4.74 Å². The number of halogens is 1. The van der Waals surface area contributed by atoms with Crippen LogP contribution in [0.5, 0.6) is 5.75 Å². The van der Waals surface area contributed by atoms with E-state index in [-0.39, 0.29) is 11.5 Å². The van der Waals surface area contributed by atoms with Gasteiger partial charge in [0.25, 0.3) is 11.8 Å². The molecule has 8 heteroatoms. The summed E-state index contributed by atoms with van der Waals surface area (Å²) >= 11 is 5.85. The minimum absolute atomic E-state index is 0.155. The number of benzene rings is 2. The Morgan fingerprint density at radius 2 is 1.48 bits per heavy atom. The SMILES string of the molecule is CC(C)(Oc1ccc(C(=O)c2ccc(Cl)cc2)cc1)C(=O)NNC(=O)c1ccccn1. The van der Waals surface area contributed by atoms with Gasteiger partial charge in [0.1, 0.15) is 11.4 Å². The Kier molecular flexibility index (Phi) is 6.67. The molecule has 0 radical (unpaired) electrons. The van der Waals surface area contributed by atoms with Crippen molar-refractivity contribution in [3.63, 3.8) is 0 Å². The molecule has 158 valence electrons. The molecule has 0 saturated carbocycles. The molecule has 3 rings (SSSR count). The number of carbonyl (C=O) groups excluding carboxylic acids is 3. The number of nitrogens with zero attached hydrogens (tertiary/aromatic N) is 1. The van der Waals surface area contributed by atoms with Crippen LogP contribution in [0, 0.1) is 0 Å². The second-order valence-corrected chi connectivity index (χ2v) is 7.53. The smallest absolute Gasteiger partial charge is 0.288 e. The summed E-state index contributed by atoms with van der Waals surface area (Å²) in [7, 11) is 0. The number of carbonyl (C=O) groups is 3. The van der Waals surface area contributed by atoms with Gasteiger partial charge in [-0.05, 0) is 74.5 Å². The summed E-state index contributed by atoms with van der Waals surface area (Å²) in [4.78, 5) is 40.9. The highest BCUT2D eigenvalue weighted by molar-refractivity contribution is 6.30. The van der Waals surface area contributed by atoms with Gasteiger partial charge in [0, 0.05) is 22.3 Å². The lowest BCUT2D eigenvalue weighted by molar-refractivity contribution is -0.135. The molecule has 0 aliphatic carbocycles. The molecule has 1 aromatic heterocycles. The quantitative estimate of drug-likeness (QED) is 0.453. The molecule has 2 N–H and O–H groups in total. The number of rotatable bonds is 6. The summed E-state index contributed by atoms with van der Waals surface area (Å²) in [5.74, 6) is -0.866. The van der Waals surface area contributed by atoms with Crippen LogP contribution in [0.25, 0.3) is 0 Å². The van der Waals surface area contributed by atoms with Gasteiger partial charge in [0.15, 0.2) is 11.4 Å². The molecule has 1 heterocycles. The number of hydrogen-bond acceptors (Lipinski definition) is 5. The molecule has 0 spiro atoms. The Bertz CT molecular complexity index is 1080. The molecule has 0 aliphatic rings. The average Bonchev–Trinajstić information content (AvgIpc) is 2.78. The second kappa shape index (κ2) is 9.40. The lowest BCUT2D eigenvalue weighted by Gasteiger charge is -2.25. The van der Waals surface area contributed by atoms with Crippen molar-refractivity contribution in [1.82, 2.24) is 15.8 Å². The van der Waals surface area contributed by atoms with Crippen molar-refractivity contribution in [2.75, 3.05) is 0 Å². The van der Waals surface area contributed by atoms with Crippen LogP contribution in [0.15, 0.2) is 72.9 Å². The first-order valence-corrected chi connectivity index (χ1v) is 9.75. The van der Waals surface area contributed by atoms with Gasteiger partial charge in [0.05, 0.1) is 0 Å². The van der Waals surface area contributed by atoms with Gasteiger partial charge in [0.2, 0.25) is 0 Å². The van der Waals surface area contributed by atoms with E-state index in [4.69, 9.17) is 16.3 Å². The van der Waals surface area contributed by atoms with Crippen LogP contribution in [0.2, 0.25) is 5.02 Å². The van der Waals surface area contributed by atoms with Gasteiger partial charge in [-0.25, -0.2) is 0 Å². The Hall–Kier alpha value is -3.71. The summed E-state index contributed by atoms with van der Waals surface area (Å²) in [5.41, 5.74) is 4.49. The molecule has 31 heavy (non-hydrogen) atoms. The number of pyridine rings is 1. The van der Waals surface area contributed by atoms with Crippen LogP contribution in [-0.2, 0) is 4.79 Å². The zero-order valence-electron chi connectivity index (χ0n) is 16.9. The molecule has 0 aliphatic heterocycles. The fourth-order valence-electron chi connectivity index (χ4n) is 2.61. The standard InChI is InChI=1S/C23H20ClN3O4/c1-23(2,22(30)27-26-21(29)19-5-3-4-14-25-19)31-18-12-8-16(9-13-18)20(28)15-6-10-17(24)11-7-15/h3-14H,1-2H3,(H,26,29)(H,27,30). The van der Waals surface area contributed by atoms with E-state index in [1.54, 1.807) is 74.5 Å². The Labute approximate surface area is 184 Å². The molecule has 2 aromatic carbocycles. The highest BCUT2D eigenvalue weighted by Gasteiger charge is 2.30. The molecule has 0 fully saturated rings. The average molecular weight is 438 g/mol. The van der Waals surface area contributed by atoms with Gasteiger partial charge in [-0.1, -0.05) is 17.7 Å². The van der Waals surface area contributed by atoms with Crippen molar-refractivity contribution < 1.29 is 19.1 Å². The molecule has 0 bridgehead atoms. The number of aromatic nitrogens is 1. The summed E-state index contributed by atoms with van der Waals surface area (Å²) in [5, 5.41) is 0.553. The van der Waals surface area contributed by atoms with Crippen molar-refractivity contribution in [3.8, 4) is 5.75 Å². The number of ketones is 1. The highest BCUT2D eigenvalue weighted by atomic mass is 35.5. The maximum atomic E-state index is 12.5. The normalized spacial score (nSPS) is 10.8.